The van der Waals surface area contributed by atoms with Crippen molar-refractivity contribution < 1.29 is 117 Å². The van der Waals surface area contributed by atoms with E-state index in [1.807, 2.05) is 29.6 Å². The van der Waals surface area contributed by atoms with Crippen LogP contribution in [0, 0.1) is 5.41 Å². The Kier molecular flexibility index (Phi) is 41.7. The Morgan fingerprint density at radius 2 is 1.18 bits per heavy atom. The zero-order chi connectivity index (χ0) is 106. The summed E-state index contributed by atoms with van der Waals surface area (Å²) in [6.07, 6.45) is 0.185. The molecule has 10 rings (SSSR count). The average Bonchev–Trinajstić information content (AvgIpc) is 1.63. The van der Waals surface area contributed by atoms with Gasteiger partial charge in [0.15, 0.2) is 0 Å². The zero-order valence-corrected chi connectivity index (χ0v) is 84.5. The summed E-state index contributed by atoms with van der Waals surface area (Å²) in [4.78, 5) is 264. The number of carbonyl (C=O) groups is 18. The number of nitrogens with two attached hydrogens (primary N) is 1. The van der Waals surface area contributed by atoms with E-state index in [0.717, 1.165) is 10.1 Å². The molecule has 42 nitrogen and oxygen atoms in total. The topological polar surface area (TPSA) is 631 Å². The minimum Gasteiger partial charge on any atom is -0.481 e. The fourth-order valence-electron chi connectivity index (χ4n) is 18.5. The lowest BCUT2D eigenvalue weighted by Gasteiger charge is -2.41. The molecule has 3 fully saturated rings. The van der Waals surface area contributed by atoms with Crippen molar-refractivity contribution in [3.8, 4) is 0 Å². The molecule has 3 aromatic carbocycles. The molecular formula is C101H138N18O24S2. The molecule has 22 N–H and O–H groups in total. The van der Waals surface area contributed by atoms with Crippen LogP contribution in [0.3, 0.4) is 0 Å². The van der Waals surface area contributed by atoms with Gasteiger partial charge in [-0.15, -0.1) is 11.3 Å². The second-order valence-corrected chi connectivity index (χ2v) is 41.3. The van der Waals surface area contributed by atoms with E-state index in [9.17, 15) is 78.3 Å². The molecule has 788 valence electrons. The Hall–Kier alpha value is -13.1. The molecule has 5 aliphatic rings. The number of carboxylic acids is 3. The molecule has 2 aromatic heterocycles. The Labute approximate surface area is 848 Å². The lowest BCUT2D eigenvalue weighted by atomic mass is 9.83. The predicted molar refractivity (Wildman–Crippen MR) is 535 cm³/mol. The lowest BCUT2D eigenvalue weighted by molar-refractivity contribution is -0.145. The van der Waals surface area contributed by atoms with Crippen LogP contribution in [0.5, 0.6) is 0 Å². The van der Waals surface area contributed by atoms with E-state index in [0.29, 0.717) is 23.1 Å². The number of rotatable bonds is 18. The van der Waals surface area contributed by atoms with Crippen LogP contribution in [0.2, 0.25) is 0 Å². The molecule has 0 radical (unpaired) electrons. The van der Waals surface area contributed by atoms with Gasteiger partial charge in [0, 0.05) is 62.6 Å². The molecule has 2 spiro atoms. The highest BCUT2D eigenvalue weighted by Crippen LogP contribution is 2.37. The summed E-state index contributed by atoms with van der Waals surface area (Å²) < 4.78 is 6.84. The summed E-state index contributed by atoms with van der Waals surface area (Å²) >= 11 is 2.72. The van der Waals surface area contributed by atoms with Crippen molar-refractivity contribution in [3.63, 3.8) is 0 Å². The van der Waals surface area contributed by atoms with Crippen LogP contribution in [-0.4, -0.2) is 282 Å². The largest absolute Gasteiger partial charge is 0.481 e. The van der Waals surface area contributed by atoms with Gasteiger partial charge in [-0.1, -0.05) is 106 Å². The minimum absolute atomic E-state index is 0.0253. The molecular weight excluding hydrogens is 1910 g/mol. The molecule has 5 aromatic rings. The quantitative estimate of drug-likeness (QED) is 0.0560. The Bertz CT molecular complexity index is 5500. The van der Waals surface area contributed by atoms with Crippen LogP contribution in [-0.2, 0) is 107 Å². The molecule has 0 aliphatic carbocycles. The fourth-order valence-corrected chi connectivity index (χ4v) is 20.2. The van der Waals surface area contributed by atoms with E-state index in [-0.39, 0.29) is 166 Å². The smallest absolute Gasteiger partial charge is 0.409 e. The normalized spacial score (nSPS) is 27.5. The van der Waals surface area contributed by atoms with Crippen LogP contribution in [0.15, 0.2) is 125 Å². The summed E-state index contributed by atoms with van der Waals surface area (Å²) in [5.41, 5.74) is 0.791. The van der Waals surface area contributed by atoms with Gasteiger partial charge >= 0.3 is 24.0 Å². The summed E-state index contributed by atoms with van der Waals surface area (Å²) in [6.45, 7) is 11.4. The number of amides is 15. The van der Waals surface area contributed by atoms with Gasteiger partial charge in [-0.2, -0.15) is 11.3 Å². The molecule has 3 bridgehead atoms. The van der Waals surface area contributed by atoms with Gasteiger partial charge in [0.25, 0.3) is 0 Å². The van der Waals surface area contributed by atoms with E-state index < -0.39 is 239 Å². The summed E-state index contributed by atoms with van der Waals surface area (Å²) in [5, 5.41) is 103. The third kappa shape index (κ3) is 33.5. The molecule has 17 atom stereocenters. The number of benzene rings is 3. The van der Waals surface area contributed by atoms with Crippen LogP contribution in [0.1, 0.15) is 210 Å². The Morgan fingerprint density at radius 3 is 1.84 bits per heavy atom. The second kappa shape index (κ2) is 53.1. The van der Waals surface area contributed by atoms with Crippen LogP contribution >= 0.6 is 22.7 Å². The molecule has 44 heteroatoms. The fraction of sp³-hybridized carbons (Fsp3) is 0.545. The molecule has 0 saturated carbocycles. The van der Waals surface area contributed by atoms with E-state index in [4.69, 9.17) is 10.5 Å². The molecule has 3 saturated heterocycles. The van der Waals surface area contributed by atoms with Gasteiger partial charge in [-0.25, -0.2) is 9.59 Å². The van der Waals surface area contributed by atoms with Gasteiger partial charge in [0.05, 0.1) is 48.7 Å². The van der Waals surface area contributed by atoms with E-state index in [2.05, 4.69) is 79.8 Å². The van der Waals surface area contributed by atoms with Crippen molar-refractivity contribution in [2.24, 2.45) is 11.1 Å². The van der Waals surface area contributed by atoms with Crippen LogP contribution in [0.25, 0.3) is 10.1 Å². The van der Waals surface area contributed by atoms with Crippen molar-refractivity contribution in [3.05, 3.63) is 153 Å². The first-order valence-electron chi connectivity index (χ1n) is 49.2. The molecule has 145 heavy (non-hydrogen) atoms. The molecule has 7 heterocycles. The van der Waals surface area contributed by atoms with Crippen LogP contribution < -0.4 is 85.5 Å². The highest BCUT2D eigenvalue weighted by molar-refractivity contribution is 7.17. The number of likely N-dealkylation sites (tertiary alicyclic amines) is 1. The van der Waals surface area contributed by atoms with Crippen molar-refractivity contribution in [2.45, 2.75) is 311 Å². The van der Waals surface area contributed by atoms with Crippen molar-refractivity contribution in [1.82, 2.24) is 89.6 Å². The van der Waals surface area contributed by atoms with Crippen molar-refractivity contribution in [1.29, 1.82) is 0 Å². The van der Waals surface area contributed by atoms with Crippen molar-refractivity contribution >= 4 is 139 Å². The van der Waals surface area contributed by atoms with Gasteiger partial charge < -0.3 is 110 Å². The first-order chi connectivity index (χ1) is 68.8. The van der Waals surface area contributed by atoms with Crippen molar-refractivity contribution in [2.75, 3.05) is 32.8 Å². The second-order valence-electron chi connectivity index (χ2n) is 39.6. The number of thiophene rings is 2. The minimum atomic E-state index is -2.11. The van der Waals surface area contributed by atoms with Gasteiger partial charge in [-0.3, -0.25) is 92.2 Å². The van der Waals surface area contributed by atoms with Gasteiger partial charge in [-0.05, 0) is 217 Å². The van der Waals surface area contributed by atoms with Gasteiger partial charge in [0.2, 0.25) is 82.7 Å². The molecule has 3 unspecified atom stereocenters. The molecule has 15 amide bonds. The number of fused-ring (bicyclic) bond motifs is 4. The first kappa shape index (κ1) is 114. The van der Waals surface area contributed by atoms with E-state index in [1.165, 1.54) is 86.5 Å². The summed E-state index contributed by atoms with van der Waals surface area (Å²) in [5.74, 6) is -17.5. The number of primary amides is 1. The number of nitrogens with zero attached hydrogens (tertiary/aromatic N) is 2. The number of nitrogens with one attached hydrogen (secondary N) is 15. The third-order valence-corrected chi connectivity index (χ3v) is 28.2. The maximum absolute atomic E-state index is 16.1. The van der Waals surface area contributed by atoms with E-state index >= 15 is 33.6 Å². The number of allylic oxidation sites excluding steroid dienone is 3. The number of aliphatic hydroxyl groups is 2. The Balaban J connectivity index is 1.04. The highest BCUT2D eigenvalue weighted by Gasteiger charge is 2.51. The zero-order valence-electron chi connectivity index (χ0n) is 82.9. The summed E-state index contributed by atoms with van der Waals surface area (Å²) in [6, 6.07) is 3.35. The number of ether oxygens (including phenoxy) is 1. The maximum Gasteiger partial charge on any atom is 0.409 e. The first-order valence-corrected chi connectivity index (χ1v) is 51.0. The number of aliphatic carboxylic acids is 2. The third-order valence-electron chi connectivity index (χ3n) is 26.4. The number of cyclic esters (lactones) is 1. The SMILES string of the molecule is CC(O)N1CCC[C@]12C/C=C/CCC[C@@]1(CCCC=CCCCOC(=O)N3CC4N[C@@H](Cc5ccsc5)C(=O)N[C@@H](Cc5csc6ccccc56)C(=O)N[C@H](C(=O)N[C@@H](C)C(N)=O)CCC(=O)NCCCC[C@H](NC(=O)[C@H](Cc5ccccc5)NC(=O)[C@H](C)NC(=O)C(C)(C)NC(=O)[C@H](Cc5cccc(C(=O)O)c5)NC(=O)[C@H](CC(=O)O)NC1=O)C(=O)N[C@@H]4C3)NC(O)[C@H](CC(C)(C)C)NC(=O)[C@H](CC(=O)O)NC2=O. The lowest BCUT2D eigenvalue weighted by Crippen LogP contribution is -2.67. The average molecular weight is 2050 g/mol. The number of carboxylic acid groups (broad SMARTS) is 3. The van der Waals surface area contributed by atoms with Crippen LogP contribution in [0.4, 0.5) is 4.79 Å². The maximum atomic E-state index is 16.1. The number of hydrogen-bond acceptors (Lipinski definition) is 26. The monoisotopic (exact) mass is 2050 g/mol. The highest BCUT2D eigenvalue weighted by atomic mass is 32.1. The predicted octanol–water partition coefficient (Wildman–Crippen LogP) is 2.40. The number of aromatic carboxylic acids is 1. The van der Waals surface area contributed by atoms with Gasteiger partial charge in [0.1, 0.15) is 77.9 Å². The summed E-state index contributed by atoms with van der Waals surface area (Å²) in [7, 11) is 0. The standard InChI is InChI=1S/C101H138N18O24S2/c1-58(82(102)126)104-84(128)68-35-36-79(121)103-42-24-20-33-67-85(129)113-77-55-118(54-76(77)106-69(49-63-37-45-144-56-63)86(130)111-72(88(132)108-68)50-65-57-145-78-34-19-18-32-66(65)78)97(142)143-44-25-14-10-9-11-21-38-100(39-22-12-13-23-40-101(41-27-43-119(101)60(3)120)96(141)115-74(52-81(124)125)90(134)112-75(92(136)117-100)53-98(4,5)6)95(140)114-73(51-80(122)123)89(133)110-71(48-62-30-26-31-64(46-62)93(137)138)91(135)116-99(7,8)94(139)105-59(2)83(127)109-70(87(131)107-67)47-61-28-16-15-17-29-61/h9-10,13,15-19,23,26,28-32,34,37,45-46,56-60,67-77,92,106,117,120,136H,11-12,14,20-22,24-25,27,33,35-36,38-44,47-55H2,1-8H3,(H2,102,126)(H,103,121)(H,104,128)(H,105,139)(H,107,131)(H,108,132)(H,109,127)(H,110,133)(H,111,130)(H,112,134)(H,113,129)(H,114,140)(H,115,141)(H,116,135)(H,122,123)(H,124,125)(H,137,138)/b10-9?,23-13+/t58-,59-,60?,67-,68-,69-,70-,71-,72-,73-,74-,75-,76?,77+,92?,100+,101-/m0/s1. The Morgan fingerprint density at radius 1 is 0.579 bits per heavy atom. The van der Waals surface area contributed by atoms with E-state index in [1.54, 1.807) is 97.1 Å². The number of carbonyl (C=O) groups excluding carboxylic acids is 15. The number of aliphatic hydroxyl groups excluding tert-OH is 2. The molecule has 5 aliphatic heterocycles. The number of hydrogen-bond donors (Lipinski definition) is 21.